The maximum atomic E-state index is 13.2. The second-order valence-corrected chi connectivity index (χ2v) is 11.1. The predicted molar refractivity (Wildman–Crippen MR) is 116 cm³/mol. The third-order valence-electron chi connectivity index (χ3n) is 9.14. The maximum absolute atomic E-state index is 13.2. The monoisotopic (exact) mass is 415 g/mol. The molecule has 30 heavy (non-hydrogen) atoms. The Kier molecular flexibility index (Phi) is 5.18. The van der Waals surface area contributed by atoms with E-state index >= 15 is 0 Å². The van der Waals surface area contributed by atoms with E-state index in [9.17, 15) is 14.7 Å². The van der Waals surface area contributed by atoms with Crippen LogP contribution in [0.5, 0.6) is 0 Å². The molecule has 5 nitrogen and oxygen atoms in total. The van der Waals surface area contributed by atoms with Crippen molar-refractivity contribution in [2.75, 3.05) is 6.61 Å². The summed E-state index contributed by atoms with van der Waals surface area (Å²) in [7, 11) is 0. The second-order valence-electron chi connectivity index (χ2n) is 11.1. The van der Waals surface area contributed by atoms with Gasteiger partial charge in [-0.25, -0.2) is 0 Å². The molecular formula is C25H37NO4. The zero-order valence-electron chi connectivity index (χ0n) is 19.1. The Hall–Kier alpha value is -1.65. The number of allylic oxidation sites excluding steroid dienone is 1. The van der Waals surface area contributed by atoms with Gasteiger partial charge in [0.2, 0.25) is 0 Å². The van der Waals surface area contributed by atoms with Crippen molar-refractivity contribution in [3.63, 3.8) is 0 Å². The second kappa shape index (κ2) is 7.20. The Labute approximate surface area is 180 Å². The highest BCUT2D eigenvalue weighted by molar-refractivity contribution is 5.96. The summed E-state index contributed by atoms with van der Waals surface area (Å²) in [6.07, 6.45) is 9.41. The molecule has 1 N–H and O–H groups in total. The first-order valence-corrected chi connectivity index (χ1v) is 11.8. The Morgan fingerprint density at radius 1 is 1.27 bits per heavy atom. The standard InChI is InChI=1S/C25H37NO4/c1-15(2)8-9-30-26-13-23-12-19-17(5)6-7-20(19)24(14-27)11-18(23)10-21(16(3)4)25(23,24)22(28)29/h10,13-20H,6-9,11-12H2,1-5H3,(H,28,29)/b26-13+/t17-,18?,19-,20-,23?,24?,25-/m1/s1. The largest absolute Gasteiger partial charge is 0.481 e. The summed E-state index contributed by atoms with van der Waals surface area (Å²) in [5, 5.41) is 15.2. The number of carbonyl (C=O) groups is 2. The third-order valence-corrected chi connectivity index (χ3v) is 9.14. The molecule has 3 fully saturated rings. The van der Waals surface area contributed by atoms with Crippen LogP contribution >= 0.6 is 0 Å². The van der Waals surface area contributed by atoms with Crippen molar-refractivity contribution in [3.05, 3.63) is 11.6 Å². The number of aldehydes is 1. The molecule has 0 saturated heterocycles. The van der Waals surface area contributed by atoms with E-state index in [1.165, 1.54) is 0 Å². The lowest BCUT2D eigenvalue weighted by atomic mass is 9.43. The van der Waals surface area contributed by atoms with Gasteiger partial charge in [-0.2, -0.15) is 0 Å². The summed E-state index contributed by atoms with van der Waals surface area (Å²) in [4.78, 5) is 31.7. The van der Waals surface area contributed by atoms with Crippen LogP contribution in [0.4, 0.5) is 0 Å². The Balaban J connectivity index is 1.84. The van der Waals surface area contributed by atoms with Crippen LogP contribution in [0.1, 0.15) is 66.7 Å². The molecule has 3 saturated carbocycles. The van der Waals surface area contributed by atoms with E-state index < -0.39 is 22.2 Å². The summed E-state index contributed by atoms with van der Waals surface area (Å²) in [5.74, 6) is 0.822. The van der Waals surface area contributed by atoms with Crippen molar-refractivity contribution in [1.29, 1.82) is 0 Å². The molecule has 0 aromatic heterocycles. The van der Waals surface area contributed by atoms with Crippen molar-refractivity contribution in [2.24, 2.45) is 56.9 Å². The molecule has 0 aromatic rings. The molecule has 0 aliphatic heterocycles. The highest BCUT2D eigenvalue weighted by Crippen LogP contribution is 2.82. The molecule has 166 valence electrons. The molecule has 0 amide bonds. The van der Waals surface area contributed by atoms with Gasteiger partial charge < -0.3 is 14.7 Å². The molecule has 0 radical (unpaired) electrons. The van der Waals surface area contributed by atoms with Gasteiger partial charge >= 0.3 is 5.97 Å². The first-order chi connectivity index (χ1) is 14.2. The molecule has 0 spiro atoms. The maximum Gasteiger partial charge on any atom is 0.315 e. The molecule has 4 bridgehead atoms. The molecule has 5 heteroatoms. The van der Waals surface area contributed by atoms with Crippen molar-refractivity contribution >= 4 is 18.5 Å². The lowest BCUT2D eigenvalue weighted by molar-refractivity contribution is -0.173. The third kappa shape index (κ3) is 2.44. The Morgan fingerprint density at radius 3 is 2.60 bits per heavy atom. The zero-order valence-corrected chi connectivity index (χ0v) is 19.1. The lowest BCUT2D eigenvalue weighted by Gasteiger charge is -2.57. The van der Waals surface area contributed by atoms with Gasteiger partial charge in [-0.05, 0) is 61.2 Å². The zero-order chi connectivity index (χ0) is 21.9. The fraction of sp³-hybridized carbons (Fsp3) is 0.800. The van der Waals surface area contributed by atoms with Gasteiger partial charge in [0, 0.05) is 5.41 Å². The minimum Gasteiger partial charge on any atom is -0.481 e. The number of aliphatic carboxylic acids is 1. The number of hydrogen-bond acceptors (Lipinski definition) is 4. The highest BCUT2D eigenvalue weighted by Gasteiger charge is 2.84. The van der Waals surface area contributed by atoms with Crippen LogP contribution in [0.3, 0.4) is 0 Å². The highest BCUT2D eigenvalue weighted by atomic mass is 16.6. The van der Waals surface area contributed by atoms with Gasteiger partial charge in [0.15, 0.2) is 0 Å². The molecule has 4 rings (SSSR count). The summed E-state index contributed by atoms with van der Waals surface area (Å²) >= 11 is 0. The number of carboxylic acid groups (broad SMARTS) is 1. The van der Waals surface area contributed by atoms with Gasteiger partial charge in [0.1, 0.15) is 18.3 Å². The van der Waals surface area contributed by atoms with E-state index in [0.29, 0.717) is 30.8 Å². The summed E-state index contributed by atoms with van der Waals surface area (Å²) < 4.78 is 0. The van der Waals surface area contributed by atoms with Crippen molar-refractivity contribution in [1.82, 2.24) is 0 Å². The number of carboxylic acids is 1. The molecule has 0 heterocycles. The normalized spacial score (nSPS) is 44.0. The number of oxime groups is 1. The number of nitrogens with zero attached hydrogens (tertiary/aromatic N) is 1. The summed E-state index contributed by atoms with van der Waals surface area (Å²) in [5.41, 5.74) is -1.77. The van der Waals surface area contributed by atoms with Crippen LogP contribution < -0.4 is 0 Å². The van der Waals surface area contributed by atoms with Gasteiger partial charge in [-0.3, -0.25) is 4.79 Å². The fourth-order valence-electron chi connectivity index (χ4n) is 7.96. The molecule has 4 aliphatic rings. The van der Waals surface area contributed by atoms with E-state index in [1.807, 2.05) is 6.21 Å². The van der Waals surface area contributed by atoms with Crippen LogP contribution in [0, 0.1) is 51.8 Å². The van der Waals surface area contributed by atoms with Gasteiger partial charge in [0.25, 0.3) is 0 Å². The summed E-state index contributed by atoms with van der Waals surface area (Å²) in [6.45, 7) is 11.2. The van der Waals surface area contributed by atoms with Crippen LogP contribution in [0.15, 0.2) is 16.8 Å². The first kappa shape index (κ1) is 21.6. The molecular weight excluding hydrogens is 378 g/mol. The Morgan fingerprint density at radius 2 is 2.00 bits per heavy atom. The number of carbonyl (C=O) groups excluding carboxylic acids is 1. The SMILES string of the molecule is CC(C)CCO/N=C/C12C[C@@H]3[C@H](C)CC[C@H]3C3(C=O)CC1C=C(C(C)C)[C@@]23C(=O)O. The van der Waals surface area contributed by atoms with E-state index in [1.54, 1.807) is 0 Å². The number of rotatable bonds is 8. The average molecular weight is 416 g/mol. The van der Waals surface area contributed by atoms with Crippen molar-refractivity contribution in [2.45, 2.75) is 66.7 Å². The van der Waals surface area contributed by atoms with Crippen molar-refractivity contribution in [3.8, 4) is 0 Å². The lowest BCUT2D eigenvalue weighted by Crippen LogP contribution is -2.63. The molecule has 7 atom stereocenters. The topological polar surface area (TPSA) is 76.0 Å². The first-order valence-electron chi connectivity index (χ1n) is 11.8. The van der Waals surface area contributed by atoms with Crippen LogP contribution in [0.2, 0.25) is 0 Å². The molecule has 0 aromatic carbocycles. The minimum atomic E-state index is -1.20. The van der Waals surface area contributed by atoms with E-state index in [-0.39, 0.29) is 17.8 Å². The van der Waals surface area contributed by atoms with Gasteiger partial charge in [0.05, 0.1) is 11.6 Å². The van der Waals surface area contributed by atoms with Crippen molar-refractivity contribution < 1.29 is 19.5 Å². The van der Waals surface area contributed by atoms with Crippen LogP contribution in [0.25, 0.3) is 0 Å². The fourth-order valence-corrected chi connectivity index (χ4v) is 7.96. The quantitative estimate of drug-likeness (QED) is 0.200. The van der Waals surface area contributed by atoms with Gasteiger partial charge in [-0.15, -0.1) is 0 Å². The molecule has 4 aliphatic carbocycles. The Bertz CT molecular complexity index is 786. The average Bonchev–Trinajstić information content (AvgIpc) is 3.24. The van der Waals surface area contributed by atoms with Gasteiger partial charge in [-0.1, -0.05) is 57.8 Å². The summed E-state index contributed by atoms with van der Waals surface area (Å²) in [6, 6.07) is 0. The van der Waals surface area contributed by atoms with E-state index in [4.69, 9.17) is 4.84 Å². The van der Waals surface area contributed by atoms with Crippen LogP contribution in [-0.2, 0) is 14.4 Å². The minimum absolute atomic E-state index is 0.0337. The van der Waals surface area contributed by atoms with Crippen LogP contribution in [-0.4, -0.2) is 30.2 Å². The predicted octanol–water partition coefficient (Wildman–Crippen LogP) is 4.96. The van der Waals surface area contributed by atoms with E-state index in [0.717, 1.165) is 37.5 Å². The smallest absolute Gasteiger partial charge is 0.315 e. The van der Waals surface area contributed by atoms with E-state index in [2.05, 4.69) is 45.9 Å². The number of fused-ring (bicyclic) bond motifs is 2. The number of hydrogen-bond donors (Lipinski definition) is 1. The molecule has 3 unspecified atom stereocenters.